The number of methoxy groups -OCH3 is 2. The first-order chi connectivity index (χ1) is 11.2. The number of ether oxygens (including phenoxy) is 2. The van der Waals surface area contributed by atoms with Gasteiger partial charge in [-0.2, -0.15) is 0 Å². The van der Waals surface area contributed by atoms with Gasteiger partial charge in [0.15, 0.2) is 5.78 Å². The van der Waals surface area contributed by atoms with Gasteiger partial charge in [0, 0.05) is 12.3 Å². The molecule has 6 nitrogen and oxygen atoms in total. The molecule has 0 aromatic heterocycles. The predicted molar refractivity (Wildman–Crippen MR) is 80.4 cm³/mol. The molecule has 0 saturated heterocycles. The van der Waals surface area contributed by atoms with Crippen molar-refractivity contribution in [1.82, 2.24) is 0 Å². The van der Waals surface area contributed by atoms with E-state index < -0.39 is 53.3 Å². The minimum atomic E-state index is -1.73. The third-order valence-corrected chi connectivity index (χ3v) is 4.41. The summed E-state index contributed by atoms with van der Waals surface area (Å²) in [7, 11) is 2.27. The average molecular weight is 338 g/mol. The summed E-state index contributed by atoms with van der Waals surface area (Å²) in [6, 6.07) is 5.23. The smallest absolute Gasteiger partial charge is 0.316 e. The average Bonchev–Trinajstić information content (AvgIpc) is 2.52. The predicted octanol–water partition coefficient (Wildman–Crippen LogP) is 1.21. The minimum absolute atomic E-state index is 0.245. The van der Waals surface area contributed by atoms with Crippen LogP contribution in [0.4, 0.5) is 4.39 Å². The van der Waals surface area contributed by atoms with E-state index in [1.54, 1.807) is 0 Å². The number of ketones is 1. The molecule has 7 heteroatoms. The maximum Gasteiger partial charge on any atom is 0.316 e. The lowest BCUT2D eigenvalue weighted by atomic mass is 9.62. The molecule has 2 rings (SSSR count). The van der Waals surface area contributed by atoms with Crippen LogP contribution in [0, 0.1) is 17.7 Å². The number of Topliss-reactive ketones (excluding diaryl/α,β-unsaturated/α-hetero) is 1. The third-order valence-electron chi connectivity index (χ3n) is 4.41. The zero-order valence-corrected chi connectivity index (χ0v) is 13.6. The molecule has 4 atom stereocenters. The second kappa shape index (κ2) is 6.68. The highest BCUT2D eigenvalue weighted by molar-refractivity contribution is 6.02. The van der Waals surface area contributed by atoms with Gasteiger partial charge >= 0.3 is 11.9 Å². The Morgan fingerprint density at radius 3 is 2.42 bits per heavy atom. The molecular weight excluding hydrogens is 319 g/mol. The Morgan fingerprint density at radius 2 is 1.88 bits per heavy atom. The molecule has 1 aliphatic rings. The number of benzene rings is 1. The van der Waals surface area contributed by atoms with Crippen LogP contribution in [0.5, 0.6) is 0 Å². The van der Waals surface area contributed by atoms with Crippen molar-refractivity contribution in [3.63, 3.8) is 0 Å². The van der Waals surface area contributed by atoms with Gasteiger partial charge in [0.25, 0.3) is 0 Å². The number of halogens is 1. The van der Waals surface area contributed by atoms with Gasteiger partial charge in [0.2, 0.25) is 0 Å². The van der Waals surface area contributed by atoms with Crippen molar-refractivity contribution in [2.45, 2.75) is 24.9 Å². The van der Waals surface area contributed by atoms with E-state index in [-0.39, 0.29) is 5.56 Å². The van der Waals surface area contributed by atoms with Crippen molar-refractivity contribution in [2.24, 2.45) is 11.8 Å². The molecule has 0 unspecified atom stereocenters. The van der Waals surface area contributed by atoms with Crippen molar-refractivity contribution in [3.05, 3.63) is 35.6 Å². The lowest BCUT2D eigenvalue weighted by Gasteiger charge is -2.43. The van der Waals surface area contributed by atoms with E-state index >= 15 is 0 Å². The number of rotatable bonds is 3. The van der Waals surface area contributed by atoms with E-state index in [0.29, 0.717) is 0 Å². The first kappa shape index (κ1) is 18.1. The van der Waals surface area contributed by atoms with Gasteiger partial charge in [-0.15, -0.1) is 0 Å². The summed E-state index contributed by atoms with van der Waals surface area (Å²) in [5.41, 5.74) is -1.49. The van der Waals surface area contributed by atoms with Gasteiger partial charge in [-0.3, -0.25) is 14.4 Å². The number of carbonyl (C=O) groups excluding carboxylic acids is 3. The zero-order chi connectivity index (χ0) is 18.1. The molecule has 0 radical (unpaired) electrons. The van der Waals surface area contributed by atoms with Crippen molar-refractivity contribution in [3.8, 4) is 0 Å². The number of esters is 2. The highest BCUT2D eigenvalue weighted by Gasteiger charge is 2.56. The number of carbonyl (C=O) groups is 3. The summed E-state index contributed by atoms with van der Waals surface area (Å²) in [5.74, 6) is -6.39. The lowest BCUT2D eigenvalue weighted by molar-refractivity contribution is -0.170. The maximum absolute atomic E-state index is 13.7. The number of hydrogen-bond donors (Lipinski definition) is 1. The highest BCUT2D eigenvalue weighted by Crippen LogP contribution is 2.46. The molecule has 1 aliphatic carbocycles. The molecular formula is C17H19FO6. The van der Waals surface area contributed by atoms with Crippen LogP contribution in [-0.2, 0) is 23.9 Å². The van der Waals surface area contributed by atoms with Crippen LogP contribution in [0.1, 0.15) is 24.8 Å². The second-order valence-corrected chi connectivity index (χ2v) is 6.08. The number of aliphatic hydroxyl groups is 1. The van der Waals surface area contributed by atoms with Crippen molar-refractivity contribution >= 4 is 17.7 Å². The monoisotopic (exact) mass is 338 g/mol. The Kier molecular flexibility index (Phi) is 5.03. The molecule has 24 heavy (non-hydrogen) atoms. The molecule has 1 saturated carbocycles. The van der Waals surface area contributed by atoms with E-state index in [9.17, 15) is 23.9 Å². The zero-order valence-electron chi connectivity index (χ0n) is 13.6. The second-order valence-electron chi connectivity index (χ2n) is 6.08. The lowest BCUT2D eigenvalue weighted by Crippen LogP contribution is -2.55. The largest absolute Gasteiger partial charge is 0.469 e. The van der Waals surface area contributed by atoms with Gasteiger partial charge in [-0.1, -0.05) is 12.1 Å². The van der Waals surface area contributed by atoms with Crippen molar-refractivity contribution < 1.29 is 33.4 Å². The summed E-state index contributed by atoms with van der Waals surface area (Å²) in [5, 5.41) is 10.6. The van der Waals surface area contributed by atoms with Gasteiger partial charge in [-0.05, 0) is 24.6 Å². The Bertz CT molecular complexity index is 669. The van der Waals surface area contributed by atoms with Crippen molar-refractivity contribution in [1.29, 1.82) is 0 Å². The van der Waals surface area contributed by atoms with Crippen LogP contribution in [0.15, 0.2) is 24.3 Å². The van der Waals surface area contributed by atoms with Crippen LogP contribution in [-0.4, -0.2) is 42.6 Å². The molecule has 0 bridgehead atoms. The SMILES string of the molecule is COC(=O)[C@@H]1C(=O)C[C@@](C)(O)[C@@H](C(=O)OC)[C@H]1c1cccc(F)c1. The molecule has 0 amide bonds. The summed E-state index contributed by atoms with van der Waals surface area (Å²) in [6.07, 6.45) is -0.404. The first-order valence-electron chi connectivity index (χ1n) is 7.39. The Balaban J connectivity index is 2.65. The van der Waals surface area contributed by atoms with E-state index in [4.69, 9.17) is 4.74 Å². The van der Waals surface area contributed by atoms with E-state index in [1.165, 1.54) is 25.1 Å². The normalized spacial score (nSPS) is 29.9. The van der Waals surface area contributed by atoms with Gasteiger partial charge in [0.1, 0.15) is 11.7 Å². The maximum atomic E-state index is 13.7. The molecule has 1 aromatic rings. The van der Waals surface area contributed by atoms with E-state index in [2.05, 4.69) is 4.74 Å². The molecule has 0 aliphatic heterocycles. The van der Waals surface area contributed by atoms with Crippen molar-refractivity contribution in [2.75, 3.05) is 14.2 Å². The summed E-state index contributed by atoms with van der Waals surface area (Å²) in [4.78, 5) is 36.8. The summed E-state index contributed by atoms with van der Waals surface area (Å²) in [6.45, 7) is 1.33. The molecule has 1 N–H and O–H groups in total. The standard InChI is InChI=1S/C17H19FO6/c1-17(22)8-11(19)13(15(20)23-2)12(14(17)16(21)24-3)9-5-4-6-10(18)7-9/h4-7,12-14,22H,8H2,1-3H3/t12-,13+,14+,17+/m0/s1. The molecule has 1 fully saturated rings. The summed E-state index contributed by atoms with van der Waals surface area (Å²) >= 11 is 0. The molecule has 0 heterocycles. The highest BCUT2D eigenvalue weighted by atomic mass is 19.1. The van der Waals surface area contributed by atoms with Crippen LogP contribution in [0.25, 0.3) is 0 Å². The Labute approximate surface area is 138 Å². The van der Waals surface area contributed by atoms with E-state index in [1.807, 2.05) is 0 Å². The van der Waals surface area contributed by atoms with Crippen LogP contribution in [0.2, 0.25) is 0 Å². The van der Waals surface area contributed by atoms with Gasteiger partial charge in [-0.25, -0.2) is 4.39 Å². The molecule has 1 aromatic carbocycles. The quantitative estimate of drug-likeness (QED) is 0.658. The fraction of sp³-hybridized carbons (Fsp3) is 0.471. The fourth-order valence-electron chi connectivity index (χ4n) is 3.38. The van der Waals surface area contributed by atoms with Gasteiger partial charge < -0.3 is 14.6 Å². The Hall–Kier alpha value is -2.28. The Morgan fingerprint density at radius 1 is 1.25 bits per heavy atom. The minimum Gasteiger partial charge on any atom is -0.469 e. The topological polar surface area (TPSA) is 89.9 Å². The molecule has 130 valence electrons. The van der Waals surface area contributed by atoms with E-state index in [0.717, 1.165) is 20.3 Å². The molecule has 0 spiro atoms. The first-order valence-corrected chi connectivity index (χ1v) is 7.39. The summed E-state index contributed by atoms with van der Waals surface area (Å²) < 4.78 is 23.1. The van der Waals surface area contributed by atoms with Crippen LogP contribution < -0.4 is 0 Å². The third kappa shape index (κ3) is 3.17. The van der Waals surface area contributed by atoms with Crippen LogP contribution in [0.3, 0.4) is 0 Å². The fourth-order valence-corrected chi connectivity index (χ4v) is 3.38. The van der Waals surface area contributed by atoms with Crippen LogP contribution >= 0.6 is 0 Å². The van der Waals surface area contributed by atoms with Gasteiger partial charge in [0.05, 0.1) is 25.7 Å². The number of hydrogen-bond acceptors (Lipinski definition) is 6.